The molecule has 0 unspecified atom stereocenters. The van der Waals surface area contributed by atoms with Crippen LogP contribution < -0.4 is 10.6 Å². The van der Waals surface area contributed by atoms with Gasteiger partial charge in [-0.2, -0.15) is 0 Å². The van der Waals surface area contributed by atoms with E-state index in [0.29, 0.717) is 19.2 Å². The van der Waals surface area contributed by atoms with Crippen molar-refractivity contribution in [1.82, 2.24) is 10.6 Å². The molecule has 2 N–H and O–H groups in total. The molecular formula is C13H17F3N2O. The molecule has 0 fully saturated rings. The molecule has 0 radical (unpaired) electrons. The number of hydrogen-bond donors (Lipinski definition) is 2. The van der Waals surface area contributed by atoms with Crippen LogP contribution in [0.15, 0.2) is 12.1 Å². The minimum Gasteiger partial charge on any atom is -0.356 e. The molecule has 1 amide bonds. The molecule has 1 rings (SSSR count). The van der Waals surface area contributed by atoms with Crippen LogP contribution >= 0.6 is 0 Å². The minimum absolute atomic E-state index is 0.0351. The molecule has 106 valence electrons. The van der Waals surface area contributed by atoms with Crippen molar-refractivity contribution in [2.45, 2.75) is 26.3 Å². The molecule has 0 aliphatic carbocycles. The fourth-order valence-electron chi connectivity index (χ4n) is 1.48. The zero-order chi connectivity index (χ0) is 14.3. The lowest BCUT2D eigenvalue weighted by molar-refractivity contribution is -0.120. The fourth-order valence-corrected chi connectivity index (χ4v) is 1.48. The van der Waals surface area contributed by atoms with Crippen LogP contribution in [-0.2, 0) is 11.3 Å². The lowest BCUT2D eigenvalue weighted by Gasteiger charge is -2.07. The molecule has 0 aromatic heterocycles. The Hall–Kier alpha value is -1.56. The molecular weight excluding hydrogens is 257 g/mol. The molecule has 0 aliphatic heterocycles. The van der Waals surface area contributed by atoms with E-state index in [4.69, 9.17) is 0 Å². The van der Waals surface area contributed by atoms with Crippen molar-refractivity contribution in [1.29, 1.82) is 0 Å². The number of nitrogens with one attached hydrogen (secondary N) is 2. The summed E-state index contributed by atoms with van der Waals surface area (Å²) >= 11 is 0. The van der Waals surface area contributed by atoms with Crippen LogP contribution in [0.3, 0.4) is 0 Å². The highest BCUT2D eigenvalue weighted by Gasteiger charge is 2.09. The molecule has 0 aliphatic rings. The lowest BCUT2D eigenvalue weighted by atomic mass is 10.2. The smallest absolute Gasteiger partial charge is 0.221 e. The van der Waals surface area contributed by atoms with Gasteiger partial charge in [0.15, 0.2) is 11.6 Å². The van der Waals surface area contributed by atoms with Crippen molar-refractivity contribution in [3.63, 3.8) is 0 Å². The van der Waals surface area contributed by atoms with E-state index in [-0.39, 0.29) is 24.4 Å². The predicted octanol–water partition coefficient (Wildman–Crippen LogP) is 2.11. The van der Waals surface area contributed by atoms with Gasteiger partial charge in [0.1, 0.15) is 5.82 Å². The van der Waals surface area contributed by atoms with Crippen molar-refractivity contribution in [3.8, 4) is 0 Å². The quantitative estimate of drug-likeness (QED) is 0.590. The summed E-state index contributed by atoms with van der Waals surface area (Å²) in [6.07, 6.45) is 1.12. The maximum absolute atomic E-state index is 13.3. The first-order valence-corrected chi connectivity index (χ1v) is 6.15. The van der Waals surface area contributed by atoms with E-state index in [1.165, 1.54) is 0 Å². The van der Waals surface area contributed by atoms with Crippen LogP contribution in [0.2, 0.25) is 0 Å². The number of halogens is 3. The molecule has 1 aromatic rings. The SMILES string of the molecule is CCCNC(=O)CCNCc1cc(F)c(F)cc1F. The van der Waals surface area contributed by atoms with Crippen molar-refractivity contribution >= 4 is 5.91 Å². The van der Waals surface area contributed by atoms with Gasteiger partial charge in [0.05, 0.1) is 0 Å². The van der Waals surface area contributed by atoms with Crippen molar-refractivity contribution in [2.75, 3.05) is 13.1 Å². The first-order valence-electron chi connectivity index (χ1n) is 6.15. The van der Waals surface area contributed by atoms with E-state index >= 15 is 0 Å². The summed E-state index contributed by atoms with van der Waals surface area (Å²) in [4.78, 5) is 11.2. The summed E-state index contributed by atoms with van der Waals surface area (Å²) in [5.41, 5.74) is 0.0351. The van der Waals surface area contributed by atoms with Crippen LogP contribution in [0.5, 0.6) is 0 Å². The number of amides is 1. The van der Waals surface area contributed by atoms with Gasteiger partial charge < -0.3 is 10.6 Å². The van der Waals surface area contributed by atoms with E-state index in [9.17, 15) is 18.0 Å². The molecule has 0 bridgehead atoms. The zero-order valence-corrected chi connectivity index (χ0v) is 10.7. The van der Waals surface area contributed by atoms with E-state index in [1.807, 2.05) is 6.92 Å². The van der Waals surface area contributed by atoms with Gasteiger partial charge in [-0.15, -0.1) is 0 Å². The first kappa shape index (κ1) is 15.5. The standard InChI is InChI=1S/C13H17F3N2O/c1-2-4-18-13(19)3-5-17-8-9-6-11(15)12(16)7-10(9)14/h6-7,17H,2-5,8H2,1H3,(H,18,19). The number of hydrogen-bond acceptors (Lipinski definition) is 2. The van der Waals surface area contributed by atoms with Gasteiger partial charge in [0.2, 0.25) is 5.91 Å². The van der Waals surface area contributed by atoms with E-state index < -0.39 is 17.5 Å². The third kappa shape index (κ3) is 5.30. The maximum atomic E-state index is 13.3. The number of rotatable bonds is 7. The molecule has 0 atom stereocenters. The van der Waals surface area contributed by atoms with Crippen molar-refractivity contribution < 1.29 is 18.0 Å². The summed E-state index contributed by atoms with van der Waals surface area (Å²) in [5.74, 6) is -3.19. The highest BCUT2D eigenvalue weighted by atomic mass is 19.2. The maximum Gasteiger partial charge on any atom is 0.221 e. The summed E-state index contributed by atoms with van der Waals surface area (Å²) < 4.78 is 38.8. The van der Waals surface area contributed by atoms with Crippen molar-refractivity contribution in [2.24, 2.45) is 0 Å². The predicted molar refractivity (Wildman–Crippen MR) is 65.9 cm³/mol. The van der Waals surface area contributed by atoms with Gasteiger partial charge >= 0.3 is 0 Å². The normalized spacial score (nSPS) is 10.5. The Balaban J connectivity index is 2.33. The Labute approximate surface area is 110 Å². The molecule has 3 nitrogen and oxygen atoms in total. The second-order valence-electron chi connectivity index (χ2n) is 4.13. The van der Waals surface area contributed by atoms with Crippen LogP contribution in [0.1, 0.15) is 25.3 Å². The Morgan fingerprint density at radius 1 is 1.11 bits per heavy atom. The summed E-state index contributed by atoms with van der Waals surface area (Å²) in [5, 5.41) is 5.50. The van der Waals surface area contributed by atoms with Gasteiger partial charge in [-0.3, -0.25) is 4.79 Å². The van der Waals surface area contributed by atoms with Crippen LogP contribution in [0.25, 0.3) is 0 Å². The van der Waals surface area contributed by atoms with Gasteiger partial charge in [-0.05, 0) is 12.5 Å². The van der Waals surface area contributed by atoms with Crippen LogP contribution in [0.4, 0.5) is 13.2 Å². The second kappa shape index (κ2) is 7.78. The molecule has 0 heterocycles. The Morgan fingerprint density at radius 3 is 2.47 bits per heavy atom. The van der Waals surface area contributed by atoms with E-state index in [1.54, 1.807) is 0 Å². The largest absolute Gasteiger partial charge is 0.356 e. The van der Waals surface area contributed by atoms with Gasteiger partial charge in [-0.1, -0.05) is 6.92 Å². The van der Waals surface area contributed by atoms with Gasteiger partial charge in [0.25, 0.3) is 0 Å². The third-order valence-corrected chi connectivity index (χ3v) is 2.51. The fraction of sp³-hybridized carbons (Fsp3) is 0.462. The van der Waals surface area contributed by atoms with E-state index in [2.05, 4.69) is 10.6 Å². The van der Waals surface area contributed by atoms with Crippen LogP contribution in [0, 0.1) is 17.5 Å². The monoisotopic (exact) mass is 274 g/mol. The molecule has 6 heteroatoms. The highest BCUT2D eigenvalue weighted by Crippen LogP contribution is 2.13. The Morgan fingerprint density at radius 2 is 1.79 bits per heavy atom. The average molecular weight is 274 g/mol. The zero-order valence-electron chi connectivity index (χ0n) is 10.7. The Kier molecular flexibility index (Phi) is 6.35. The van der Waals surface area contributed by atoms with Gasteiger partial charge in [-0.25, -0.2) is 13.2 Å². The molecule has 1 aromatic carbocycles. The highest BCUT2D eigenvalue weighted by molar-refractivity contribution is 5.75. The minimum atomic E-state index is -1.21. The first-order chi connectivity index (χ1) is 9.04. The number of benzene rings is 1. The third-order valence-electron chi connectivity index (χ3n) is 2.51. The summed E-state index contributed by atoms with van der Waals surface area (Å²) in [6, 6.07) is 1.33. The number of carbonyl (C=O) groups is 1. The molecule has 0 spiro atoms. The lowest BCUT2D eigenvalue weighted by Crippen LogP contribution is -2.28. The second-order valence-corrected chi connectivity index (χ2v) is 4.13. The number of carbonyl (C=O) groups excluding carboxylic acids is 1. The topological polar surface area (TPSA) is 41.1 Å². The van der Waals surface area contributed by atoms with Crippen LogP contribution in [-0.4, -0.2) is 19.0 Å². The Bertz CT molecular complexity index is 438. The molecule has 0 saturated heterocycles. The molecule has 19 heavy (non-hydrogen) atoms. The summed E-state index contributed by atoms with van der Waals surface area (Å²) in [6.45, 7) is 2.96. The summed E-state index contributed by atoms with van der Waals surface area (Å²) in [7, 11) is 0. The average Bonchev–Trinajstić information content (AvgIpc) is 2.37. The van der Waals surface area contributed by atoms with Gasteiger partial charge in [0, 0.05) is 37.7 Å². The molecule has 0 saturated carbocycles. The van der Waals surface area contributed by atoms with Crippen molar-refractivity contribution in [3.05, 3.63) is 35.1 Å². The van der Waals surface area contributed by atoms with E-state index in [0.717, 1.165) is 12.5 Å².